The summed E-state index contributed by atoms with van der Waals surface area (Å²) in [5.74, 6) is 1.31. The van der Waals surface area contributed by atoms with Gasteiger partial charge in [-0.05, 0) is 57.2 Å². The third kappa shape index (κ3) is 6.01. The molecule has 0 radical (unpaired) electrons. The molecule has 3 aromatic rings. The first kappa shape index (κ1) is 23.1. The Hall–Kier alpha value is -2.52. The van der Waals surface area contributed by atoms with E-state index in [1.165, 1.54) is 17.4 Å². The Bertz CT molecular complexity index is 1060. The van der Waals surface area contributed by atoms with E-state index in [2.05, 4.69) is 53.2 Å². The highest BCUT2D eigenvalue weighted by molar-refractivity contribution is 8.00. The minimum absolute atomic E-state index is 0.114. The number of aromatic nitrogens is 3. The fourth-order valence-electron chi connectivity index (χ4n) is 3.20. The smallest absolute Gasteiger partial charge is 0.310 e. The van der Waals surface area contributed by atoms with E-state index < -0.39 is 10.1 Å². The normalized spacial score (nSPS) is 11.5. The molecule has 0 saturated carbocycles. The van der Waals surface area contributed by atoms with E-state index in [4.69, 9.17) is 4.18 Å². The van der Waals surface area contributed by atoms with Gasteiger partial charge in [0.2, 0.25) is 0 Å². The molecule has 0 atom stereocenters. The summed E-state index contributed by atoms with van der Waals surface area (Å²) < 4.78 is 31.6. The van der Waals surface area contributed by atoms with Crippen molar-refractivity contribution in [1.29, 1.82) is 0 Å². The van der Waals surface area contributed by atoms with E-state index >= 15 is 0 Å². The van der Waals surface area contributed by atoms with Gasteiger partial charge in [-0.3, -0.25) is 0 Å². The monoisotopic (exact) mass is 460 g/mol. The van der Waals surface area contributed by atoms with Crippen molar-refractivity contribution in [2.24, 2.45) is 0 Å². The van der Waals surface area contributed by atoms with Gasteiger partial charge in [0.05, 0.1) is 5.75 Å². The zero-order chi connectivity index (χ0) is 22.3. The van der Waals surface area contributed by atoms with Crippen molar-refractivity contribution in [1.82, 2.24) is 14.8 Å². The molecule has 0 aliphatic rings. The number of rotatable bonds is 11. The Morgan fingerprint density at radius 2 is 1.65 bits per heavy atom. The lowest BCUT2D eigenvalue weighted by atomic mass is 10.2. The van der Waals surface area contributed by atoms with Crippen LogP contribution in [0.5, 0.6) is 5.75 Å². The number of hydrogen-bond donors (Lipinski definition) is 0. The van der Waals surface area contributed by atoms with E-state index in [1.807, 2.05) is 17.6 Å². The second-order valence-electron chi connectivity index (χ2n) is 6.78. The van der Waals surface area contributed by atoms with Crippen LogP contribution in [0.3, 0.4) is 0 Å². The molecule has 3 rings (SSSR count). The Kier molecular flexibility index (Phi) is 7.97. The van der Waals surface area contributed by atoms with Gasteiger partial charge in [-0.15, -0.1) is 10.2 Å². The number of thioether (sulfide) groups is 1. The molecule has 166 valence electrons. The predicted molar refractivity (Wildman–Crippen MR) is 126 cm³/mol. The van der Waals surface area contributed by atoms with E-state index in [1.54, 1.807) is 24.3 Å². The summed E-state index contributed by atoms with van der Waals surface area (Å²) in [5, 5.41) is 9.33. The van der Waals surface area contributed by atoms with Gasteiger partial charge in [-0.2, -0.15) is 8.42 Å². The summed E-state index contributed by atoms with van der Waals surface area (Å²) in [7, 11) is -3.67. The molecule has 1 aromatic heterocycles. The third-order valence-electron chi connectivity index (χ3n) is 4.82. The number of benzene rings is 2. The summed E-state index contributed by atoms with van der Waals surface area (Å²) in [6.45, 7) is 8.91. The summed E-state index contributed by atoms with van der Waals surface area (Å²) in [6, 6.07) is 16.8. The molecule has 0 aliphatic heterocycles. The maximum absolute atomic E-state index is 12.2. The molecule has 31 heavy (non-hydrogen) atoms. The lowest BCUT2D eigenvalue weighted by Crippen LogP contribution is -2.21. The average molecular weight is 461 g/mol. The van der Waals surface area contributed by atoms with Crippen LogP contribution in [0.15, 0.2) is 59.8 Å². The highest BCUT2D eigenvalue weighted by atomic mass is 32.2. The van der Waals surface area contributed by atoms with Crippen molar-refractivity contribution in [3.8, 4) is 17.1 Å². The summed E-state index contributed by atoms with van der Waals surface area (Å²) in [4.78, 5) is 2.29. The molecule has 0 unspecified atom stereocenters. The summed E-state index contributed by atoms with van der Waals surface area (Å²) in [5.41, 5.74) is 2.16. The second kappa shape index (κ2) is 10.7. The second-order valence-corrected chi connectivity index (χ2v) is 9.53. The number of anilines is 1. The number of nitrogens with zero attached hydrogens (tertiary/aromatic N) is 4. The highest BCUT2D eigenvalue weighted by Gasteiger charge is 2.17. The molecule has 0 fully saturated rings. The molecule has 2 aromatic carbocycles. The van der Waals surface area contributed by atoms with Crippen molar-refractivity contribution in [3.63, 3.8) is 0 Å². The Labute approximate surface area is 188 Å². The summed E-state index contributed by atoms with van der Waals surface area (Å²) in [6.07, 6.45) is 0. The Morgan fingerprint density at radius 1 is 0.968 bits per heavy atom. The standard InChI is InChI=1S/C22H28N4O3S2/c1-4-25(5-2)19-14-12-18(13-15-19)21-23-24-22(26(21)6-3)30-16-17-31(27,28)29-20-10-8-7-9-11-20/h7-15H,4-6,16-17H2,1-3H3. The zero-order valence-corrected chi connectivity index (χ0v) is 19.7. The van der Waals surface area contributed by atoms with Crippen molar-refractivity contribution >= 4 is 27.6 Å². The van der Waals surface area contributed by atoms with Gasteiger partial charge in [0.25, 0.3) is 0 Å². The van der Waals surface area contributed by atoms with Gasteiger partial charge in [0, 0.05) is 36.6 Å². The van der Waals surface area contributed by atoms with E-state index in [-0.39, 0.29) is 5.75 Å². The van der Waals surface area contributed by atoms with Crippen molar-refractivity contribution in [2.45, 2.75) is 32.5 Å². The van der Waals surface area contributed by atoms with E-state index in [9.17, 15) is 8.42 Å². The average Bonchev–Trinajstić information content (AvgIpc) is 3.18. The van der Waals surface area contributed by atoms with Crippen LogP contribution >= 0.6 is 11.8 Å². The first-order valence-corrected chi connectivity index (χ1v) is 12.9. The first-order valence-electron chi connectivity index (χ1n) is 10.4. The third-order valence-corrected chi connectivity index (χ3v) is 7.20. The van der Waals surface area contributed by atoms with E-state index in [0.717, 1.165) is 24.5 Å². The molecule has 0 saturated heterocycles. The van der Waals surface area contributed by atoms with Crippen LogP contribution in [0, 0.1) is 0 Å². The van der Waals surface area contributed by atoms with Gasteiger partial charge in [0.1, 0.15) is 5.75 Å². The van der Waals surface area contributed by atoms with Crippen LogP contribution in [-0.2, 0) is 16.7 Å². The van der Waals surface area contributed by atoms with Crippen LogP contribution in [-0.4, -0.2) is 47.8 Å². The van der Waals surface area contributed by atoms with Gasteiger partial charge in [-0.1, -0.05) is 30.0 Å². The molecule has 7 nitrogen and oxygen atoms in total. The number of para-hydroxylation sites is 1. The Balaban J connectivity index is 1.66. The minimum Gasteiger partial charge on any atom is -0.382 e. The topological polar surface area (TPSA) is 77.3 Å². The summed E-state index contributed by atoms with van der Waals surface area (Å²) >= 11 is 1.36. The zero-order valence-electron chi connectivity index (χ0n) is 18.1. The van der Waals surface area contributed by atoms with Crippen LogP contribution < -0.4 is 9.08 Å². The highest BCUT2D eigenvalue weighted by Crippen LogP contribution is 2.26. The molecular formula is C22H28N4O3S2. The maximum Gasteiger partial charge on any atom is 0.310 e. The molecular weight excluding hydrogens is 432 g/mol. The fraction of sp³-hybridized carbons (Fsp3) is 0.364. The molecule has 0 N–H and O–H groups in total. The van der Waals surface area contributed by atoms with Crippen LogP contribution in [0.1, 0.15) is 20.8 Å². The first-order chi connectivity index (χ1) is 15.0. The van der Waals surface area contributed by atoms with Gasteiger partial charge in [0.15, 0.2) is 11.0 Å². The molecule has 0 amide bonds. The molecule has 0 aliphatic carbocycles. The fourth-order valence-corrected chi connectivity index (χ4v) is 5.49. The van der Waals surface area contributed by atoms with Crippen molar-refractivity contribution in [3.05, 3.63) is 54.6 Å². The number of hydrogen-bond acceptors (Lipinski definition) is 7. The molecule has 0 spiro atoms. The largest absolute Gasteiger partial charge is 0.382 e. The maximum atomic E-state index is 12.2. The molecule has 1 heterocycles. The van der Waals surface area contributed by atoms with Gasteiger partial charge < -0.3 is 13.7 Å². The quantitative estimate of drug-likeness (QED) is 0.312. The lowest BCUT2D eigenvalue weighted by molar-refractivity contribution is 0.488. The molecule has 9 heteroatoms. The van der Waals surface area contributed by atoms with Crippen LogP contribution in [0.4, 0.5) is 5.69 Å². The van der Waals surface area contributed by atoms with Gasteiger partial charge >= 0.3 is 10.1 Å². The van der Waals surface area contributed by atoms with Gasteiger partial charge in [-0.25, -0.2) is 0 Å². The minimum atomic E-state index is -3.67. The van der Waals surface area contributed by atoms with Crippen LogP contribution in [0.2, 0.25) is 0 Å². The predicted octanol–water partition coefficient (Wildman–Crippen LogP) is 4.31. The van der Waals surface area contributed by atoms with Crippen LogP contribution in [0.25, 0.3) is 11.4 Å². The van der Waals surface area contributed by atoms with Crippen molar-refractivity contribution in [2.75, 3.05) is 29.5 Å². The SMILES string of the molecule is CCN(CC)c1ccc(-c2nnc(SCCS(=O)(=O)Oc3ccccc3)n2CC)cc1. The molecule has 0 bridgehead atoms. The Morgan fingerprint density at radius 3 is 2.26 bits per heavy atom. The van der Waals surface area contributed by atoms with E-state index in [0.29, 0.717) is 23.2 Å². The van der Waals surface area contributed by atoms with Crippen molar-refractivity contribution < 1.29 is 12.6 Å². The lowest BCUT2D eigenvalue weighted by Gasteiger charge is -2.21.